The summed E-state index contributed by atoms with van der Waals surface area (Å²) >= 11 is 1.62. The second-order valence-electron chi connectivity index (χ2n) is 6.56. The molecule has 0 atom stereocenters. The van der Waals surface area contributed by atoms with Crippen LogP contribution < -0.4 is 10.2 Å². The normalized spacial score (nSPS) is 11.2. The number of likely N-dealkylation sites (N-methyl/N-ethyl adjacent to an activating group) is 1. The number of fused-ring (bicyclic) bond motifs is 2. The molecule has 0 amide bonds. The van der Waals surface area contributed by atoms with E-state index >= 15 is 0 Å². The molecule has 28 heavy (non-hydrogen) atoms. The molecule has 1 aromatic heterocycles. The number of hydrogen-bond donors (Lipinski definition) is 0. The Kier molecular flexibility index (Phi) is 7.01. The van der Waals surface area contributed by atoms with Crippen LogP contribution in [0.4, 0.5) is 0 Å². The van der Waals surface area contributed by atoms with E-state index in [0.717, 1.165) is 46.6 Å². The summed E-state index contributed by atoms with van der Waals surface area (Å²) in [7, 11) is 0. The van der Waals surface area contributed by atoms with Gasteiger partial charge in [-0.05, 0) is 43.3 Å². The lowest BCUT2D eigenvalue weighted by Crippen LogP contribution is -2.29. The molecule has 148 valence electrons. The third kappa shape index (κ3) is 5.09. The molecule has 0 saturated carbocycles. The van der Waals surface area contributed by atoms with Crippen LogP contribution in [0.15, 0.2) is 47.3 Å². The Morgan fingerprint density at radius 2 is 1.82 bits per heavy atom. The first kappa shape index (κ1) is 20.3. The monoisotopic (exact) mass is 399 g/mol. The average Bonchev–Trinajstić information content (AvgIpc) is 2.70. The highest BCUT2D eigenvalue weighted by Crippen LogP contribution is 2.27. The van der Waals surface area contributed by atoms with Gasteiger partial charge in [0, 0.05) is 40.2 Å². The Bertz CT molecular complexity index is 1010. The predicted octanol–water partition coefficient (Wildman–Crippen LogP) is 4.07. The molecule has 0 fully saturated rings. The third-order valence-corrected chi connectivity index (χ3v) is 5.75. The van der Waals surface area contributed by atoms with Crippen LogP contribution in [0.3, 0.4) is 0 Å². The molecule has 0 N–H and O–H groups in total. The van der Waals surface area contributed by atoms with E-state index in [1.54, 1.807) is 11.3 Å². The molecular formula is C22H25NO4S. The zero-order valence-electron chi connectivity index (χ0n) is 16.3. The number of esters is 1. The maximum atomic E-state index is 12.8. The molecule has 0 aliphatic carbocycles. The van der Waals surface area contributed by atoms with Crippen LogP contribution in [0, 0.1) is 0 Å². The molecule has 5 nitrogen and oxygen atoms in total. The molecule has 3 aromatic rings. The molecule has 0 aliphatic rings. The minimum absolute atomic E-state index is 0.0532. The summed E-state index contributed by atoms with van der Waals surface area (Å²) in [6, 6.07) is 13.4. The van der Waals surface area contributed by atoms with Gasteiger partial charge in [0.05, 0.1) is 6.61 Å². The Morgan fingerprint density at radius 3 is 2.61 bits per heavy atom. The molecule has 0 saturated heterocycles. The molecule has 2 aromatic carbocycles. The summed E-state index contributed by atoms with van der Waals surface area (Å²) in [5.74, 6) is 0.470. The summed E-state index contributed by atoms with van der Waals surface area (Å²) in [5, 5.41) is 1.46. The first-order chi connectivity index (χ1) is 13.6. The Hall–Kier alpha value is -2.44. The molecule has 3 rings (SSSR count). The summed E-state index contributed by atoms with van der Waals surface area (Å²) in [4.78, 5) is 25.8. The second-order valence-corrected chi connectivity index (χ2v) is 7.65. The van der Waals surface area contributed by atoms with Crippen molar-refractivity contribution in [3.8, 4) is 5.75 Å². The fraction of sp³-hybridized carbons (Fsp3) is 0.364. The topological polar surface area (TPSA) is 55.8 Å². The van der Waals surface area contributed by atoms with E-state index in [4.69, 9.17) is 9.47 Å². The number of carbonyl (C=O) groups is 1. The number of carbonyl (C=O) groups excluding carboxylic acids is 1. The number of nitrogens with zero attached hydrogens (tertiary/aromatic N) is 1. The van der Waals surface area contributed by atoms with Crippen molar-refractivity contribution in [1.82, 2.24) is 4.90 Å². The Labute approximate surface area is 168 Å². The van der Waals surface area contributed by atoms with Crippen LogP contribution in [0.1, 0.15) is 20.3 Å². The smallest absolute Gasteiger partial charge is 0.302 e. The van der Waals surface area contributed by atoms with Gasteiger partial charge in [-0.2, -0.15) is 0 Å². The molecule has 0 radical (unpaired) electrons. The molecule has 0 aliphatic heterocycles. The summed E-state index contributed by atoms with van der Waals surface area (Å²) < 4.78 is 12.8. The number of ether oxygens (including phenoxy) is 2. The molecule has 0 spiro atoms. The van der Waals surface area contributed by atoms with E-state index in [-0.39, 0.29) is 11.4 Å². The Balaban J connectivity index is 1.59. The van der Waals surface area contributed by atoms with Gasteiger partial charge in [0.15, 0.2) is 5.43 Å². The fourth-order valence-electron chi connectivity index (χ4n) is 3.10. The SMILES string of the molecule is CCN(CCCOc1ccc2sc3ccccc3c(=O)c2c1)CCOC(C)=O. The van der Waals surface area contributed by atoms with E-state index < -0.39 is 0 Å². The van der Waals surface area contributed by atoms with Crippen LogP contribution in [0.5, 0.6) is 5.75 Å². The van der Waals surface area contributed by atoms with Crippen molar-refractivity contribution in [1.29, 1.82) is 0 Å². The van der Waals surface area contributed by atoms with Crippen molar-refractivity contribution in [2.45, 2.75) is 20.3 Å². The van der Waals surface area contributed by atoms with Crippen molar-refractivity contribution in [3.63, 3.8) is 0 Å². The van der Waals surface area contributed by atoms with E-state index in [1.807, 2.05) is 42.5 Å². The highest BCUT2D eigenvalue weighted by molar-refractivity contribution is 7.24. The first-order valence-electron chi connectivity index (χ1n) is 9.52. The van der Waals surface area contributed by atoms with Crippen molar-refractivity contribution in [3.05, 3.63) is 52.7 Å². The molecule has 0 unspecified atom stereocenters. The van der Waals surface area contributed by atoms with Gasteiger partial charge in [-0.25, -0.2) is 0 Å². The maximum Gasteiger partial charge on any atom is 0.302 e. The highest BCUT2D eigenvalue weighted by Gasteiger charge is 2.08. The van der Waals surface area contributed by atoms with Gasteiger partial charge in [-0.3, -0.25) is 9.59 Å². The zero-order chi connectivity index (χ0) is 19.9. The van der Waals surface area contributed by atoms with Gasteiger partial charge in [0.25, 0.3) is 0 Å². The lowest BCUT2D eigenvalue weighted by molar-refractivity contribution is -0.141. The van der Waals surface area contributed by atoms with Gasteiger partial charge >= 0.3 is 5.97 Å². The van der Waals surface area contributed by atoms with Crippen molar-refractivity contribution >= 4 is 37.5 Å². The van der Waals surface area contributed by atoms with Crippen LogP contribution in [0.2, 0.25) is 0 Å². The first-order valence-corrected chi connectivity index (χ1v) is 10.3. The number of rotatable bonds is 9. The van der Waals surface area contributed by atoms with E-state index in [1.165, 1.54) is 6.92 Å². The summed E-state index contributed by atoms with van der Waals surface area (Å²) in [5.41, 5.74) is 0.0532. The van der Waals surface area contributed by atoms with Crippen molar-refractivity contribution in [2.24, 2.45) is 0 Å². The van der Waals surface area contributed by atoms with E-state index in [2.05, 4.69) is 11.8 Å². The van der Waals surface area contributed by atoms with Gasteiger partial charge < -0.3 is 14.4 Å². The quantitative estimate of drug-likeness (QED) is 0.308. The molecule has 0 bridgehead atoms. The largest absolute Gasteiger partial charge is 0.494 e. The maximum absolute atomic E-state index is 12.8. The van der Waals surface area contributed by atoms with Gasteiger partial charge in [-0.1, -0.05) is 19.1 Å². The average molecular weight is 400 g/mol. The summed E-state index contributed by atoms with van der Waals surface area (Å²) in [6.45, 7) is 6.97. The van der Waals surface area contributed by atoms with Gasteiger partial charge in [-0.15, -0.1) is 11.3 Å². The van der Waals surface area contributed by atoms with Crippen LogP contribution in [-0.2, 0) is 9.53 Å². The van der Waals surface area contributed by atoms with Crippen LogP contribution in [0.25, 0.3) is 20.2 Å². The standard InChI is InChI=1S/C22H25NO4S/c1-3-23(12-14-26-16(2)24)11-6-13-27-17-9-10-21-19(15-17)22(25)18-7-4-5-8-20(18)28-21/h4-5,7-10,15H,3,6,11-14H2,1-2H3. The minimum Gasteiger partial charge on any atom is -0.494 e. The van der Waals surface area contributed by atoms with Crippen LogP contribution in [-0.4, -0.2) is 43.7 Å². The van der Waals surface area contributed by atoms with Crippen molar-refractivity contribution < 1.29 is 14.3 Å². The van der Waals surface area contributed by atoms with Crippen LogP contribution >= 0.6 is 11.3 Å². The number of benzene rings is 2. The summed E-state index contributed by atoms with van der Waals surface area (Å²) in [6.07, 6.45) is 0.858. The number of hydrogen-bond acceptors (Lipinski definition) is 6. The Morgan fingerprint density at radius 1 is 1.04 bits per heavy atom. The zero-order valence-corrected chi connectivity index (χ0v) is 17.1. The second kappa shape index (κ2) is 9.66. The van der Waals surface area contributed by atoms with E-state index in [9.17, 15) is 9.59 Å². The molecule has 1 heterocycles. The lowest BCUT2D eigenvalue weighted by Gasteiger charge is -2.20. The highest BCUT2D eigenvalue weighted by atomic mass is 32.1. The van der Waals surface area contributed by atoms with Crippen molar-refractivity contribution in [2.75, 3.05) is 32.8 Å². The minimum atomic E-state index is -0.248. The fourth-order valence-corrected chi connectivity index (χ4v) is 4.15. The third-order valence-electron chi connectivity index (χ3n) is 4.59. The molecule has 6 heteroatoms. The van der Waals surface area contributed by atoms with Gasteiger partial charge in [0.2, 0.25) is 0 Å². The lowest BCUT2D eigenvalue weighted by atomic mass is 10.2. The van der Waals surface area contributed by atoms with E-state index in [0.29, 0.717) is 18.6 Å². The predicted molar refractivity (Wildman–Crippen MR) is 114 cm³/mol. The molecular weight excluding hydrogens is 374 g/mol. The van der Waals surface area contributed by atoms with Gasteiger partial charge in [0.1, 0.15) is 12.4 Å².